The highest BCUT2D eigenvalue weighted by Crippen LogP contribution is 2.67. The molecule has 2 N–H and O–H groups in total. The maximum atomic E-state index is 12.4. The number of aliphatic hydroxyl groups is 1. The van der Waals surface area contributed by atoms with Gasteiger partial charge in [0.05, 0.1) is 5.71 Å². The van der Waals surface area contributed by atoms with Gasteiger partial charge in [-0.1, -0.05) is 24.6 Å². The molecule has 194 valence electrons. The molecule has 0 spiro atoms. The minimum absolute atomic E-state index is 0.0573. The van der Waals surface area contributed by atoms with Crippen molar-refractivity contribution in [2.45, 2.75) is 84.3 Å². The summed E-state index contributed by atoms with van der Waals surface area (Å²) in [6, 6.07) is 3.73. The molecule has 0 aromatic carbocycles. The molecule has 0 radical (unpaired) electrons. The largest absolute Gasteiger partial charge is 0.385 e. The normalized spacial score (nSPS) is 38.4. The van der Waals surface area contributed by atoms with E-state index in [2.05, 4.69) is 35.4 Å². The molecule has 6 atom stereocenters. The van der Waals surface area contributed by atoms with Crippen LogP contribution in [0.5, 0.6) is 0 Å². The molecule has 0 saturated heterocycles. The zero-order chi connectivity index (χ0) is 25.6. The number of amides is 1. The van der Waals surface area contributed by atoms with Crippen molar-refractivity contribution in [1.29, 1.82) is 0 Å². The second-order valence-corrected chi connectivity index (χ2v) is 11.9. The number of Topliss-reactive ketones (excluding diaryl/α,β-unsaturated/α-hetero) is 1. The van der Waals surface area contributed by atoms with Gasteiger partial charge in [0.2, 0.25) is 0 Å². The molecule has 4 aliphatic carbocycles. The van der Waals surface area contributed by atoms with E-state index in [-0.39, 0.29) is 29.1 Å². The Bertz CT molecular complexity index is 1090. The van der Waals surface area contributed by atoms with E-state index < -0.39 is 5.60 Å². The number of hydrogen-bond donors (Lipinski definition) is 2. The fraction of sp³-hybridized carbons (Fsp3) is 0.655. The molecule has 3 fully saturated rings. The van der Waals surface area contributed by atoms with E-state index >= 15 is 0 Å². The van der Waals surface area contributed by atoms with Crippen molar-refractivity contribution in [1.82, 2.24) is 10.3 Å². The average Bonchev–Trinajstić information content (AvgIpc) is 3.15. The maximum Gasteiger partial charge on any atom is 0.261 e. The number of aromatic nitrogens is 1. The van der Waals surface area contributed by atoms with E-state index in [1.165, 1.54) is 5.57 Å². The third-order valence-electron chi connectivity index (χ3n) is 10.3. The van der Waals surface area contributed by atoms with Crippen LogP contribution in [0.3, 0.4) is 0 Å². The summed E-state index contributed by atoms with van der Waals surface area (Å²) in [5, 5.41) is 18.5. The van der Waals surface area contributed by atoms with E-state index in [1.807, 2.05) is 12.1 Å². The molecule has 1 heterocycles. The number of oxime groups is 1. The smallest absolute Gasteiger partial charge is 0.261 e. The van der Waals surface area contributed by atoms with Crippen LogP contribution in [0.2, 0.25) is 0 Å². The van der Waals surface area contributed by atoms with Gasteiger partial charge in [0.15, 0.2) is 12.4 Å². The number of fused-ring (bicyclic) bond motifs is 5. The second-order valence-electron chi connectivity index (χ2n) is 11.9. The first-order chi connectivity index (χ1) is 17.2. The van der Waals surface area contributed by atoms with Crippen molar-refractivity contribution in [3.05, 3.63) is 41.7 Å². The lowest BCUT2D eigenvalue weighted by atomic mass is 9.46. The molecular formula is C29H39N3O4. The summed E-state index contributed by atoms with van der Waals surface area (Å²) in [6.45, 7) is 6.49. The number of carbonyl (C=O) groups excluding carboxylic acids is 2. The van der Waals surface area contributed by atoms with Gasteiger partial charge < -0.3 is 15.3 Å². The predicted molar refractivity (Wildman–Crippen MR) is 137 cm³/mol. The first-order valence-electron chi connectivity index (χ1n) is 13.5. The first kappa shape index (κ1) is 25.1. The molecule has 1 aromatic heterocycles. The highest BCUT2D eigenvalue weighted by molar-refractivity contribution is 5.96. The lowest BCUT2D eigenvalue weighted by molar-refractivity contribution is -0.159. The molecular weight excluding hydrogens is 454 g/mol. The molecule has 0 unspecified atom stereocenters. The quantitative estimate of drug-likeness (QED) is 0.574. The molecule has 5 rings (SSSR count). The zero-order valence-electron chi connectivity index (χ0n) is 21.8. The van der Waals surface area contributed by atoms with Gasteiger partial charge in [-0.15, -0.1) is 0 Å². The van der Waals surface area contributed by atoms with Crippen LogP contribution in [0.15, 0.2) is 41.3 Å². The van der Waals surface area contributed by atoms with E-state index in [1.54, 1.807) is 19.3 Å². The van der Waals surface area contributed by atoms with Crippen LogP contribution in [0.4, 0.5) is 0 Å². The second kappa shape index (κ2) is 9.40. The van der Waals surface area contributed by atoms with Gasteiger partial charge in [0, 0.05) is 24.4 Å². The summed E-state index contributed by atoms with van der Waals surface area (Å²) in [6.07, 6.45) is 13.1. The zero-order valence-corrected chi connectivity index (χ0v) is 21.8. The van der Waals surface area contributed by atoms with E-state index in [0.29, 0.717) is 30.7 Å². The fourth-order valence-electron chi connectivity index (χ4n) is 8.16. The Kier molecular flexibility index (Phi) is 6.56. The topological polar surface area (TPSA) is 101 Å². The van der Waals surface area contributed by atoms with Crippen LogP contribution >= 0.6 is 0 Å². The van der Waals surface area contributed by atoms with Crippen molar-refractivity contribution >= 4 is 17.4 Å². The predicted octanol–water partition coefficient (Wildman–Crippen LogP) is 4.35. The Labute approximate surface area is 213 Å². The van der Waals surface area contributed by atoms with Gasteiger partial charge in [-0.05, 0) is 105 Å². The van der Waals surface area contributed by atoms with Gasteiger partial charge in [0.25, 0.3) is 5.91 Å². The lowest BCUT2D eigenvalue weighted by Gasteiger charge is -2.59. The molecule has 36 heavy (non-hydrogen) atoms. The van der Waals surface area contributed by atoms with Gasteiger partial charge >= 0.3 is 0 Å². The minimum Gasteiger partial charge on any atom is -0.385 e. The molecule has 1 aromatic rings. The maximum absolute atomic E-state index is 12.4. The highest BCUT2D eigenvalue weighted by atomic mass is 16.6. The number of allylic oxidation sites excluding steroid dienone is 2. The number of nitrogens with one attached hydrogen (secondary N) is 1. The Hall–Kier alpha value is -2.54. The van der Waals surface area contributed by atoms with Crippen LogP contribution in [0.1, 0.15) is 77.7 Å². The summed E-state index contributed by atoms with van der Waals surface area (Å²) in [5.74, 6) is 1.28. The Morgan fingerprint density at radius 3 is 2.61 bits per heavy atom. The fourth-order valence-corrected chi connectivity index (χ4v) is 8.16. The summed E-state index contributed by atoms with van der Waals surface area (Å²) in [5.41, 5.74) is 2.02. The monoisotopic (exact) mass is 493 g/mol. The summed E-state index contributed by atoms with van der Waals surface area (Å²) < 4.78 is 0. The lowest BCUT2D eigenvalue weighted by Crippen LogP contribution is -2.57. The molecule has 7 heteroatoms. The Balaban J connectivity index is 1.22. The van der Waals surface area contributed by atoms with Gasteiger partial charge in [0.1, 0.15) is 5.60 Å². The molecule has 0 bridgehead atoms. The summed E-state index contributed by atoms with van der Waals surface area (Å²) in [4.78, 5) is 34.0. The van der Waals surface area contributed by atoms with Crippen molar-refractivity contribution < 1.29 is 19.5 Å². The first-order valence-corrected chi connectivity index (χ1v) is 13.5. The molecule has 7 nitrogen and oxygen atoms in total. The number of hydrogen-bond acceptors (Lipinski definition) is 6. The van der Waals surface area contributed by atoms with Crippen molar-refractivity contribution in [3.8, 4) is 0 Å². The van der Waals surface area contributed by atoms with Crippen LogP contribution in [0.25, 0.3) is 0 Å². The van der Waals surface area contributed by atoms with Gasteiger partial charge in [-0.3, -0.25) is 14.6 Å². The van der Waals surface area contributed by atoms with Gasteiger partial charge in [-0.2, -0.15) is 0 Å². The standard InChI is InChI=1S/C29H39N3O4/c1-19(33)29(35)13-8-25-23-5-4-21-16-22(6-11-27(21,2)24(23)7-12-28(25,29)3)32-36-18-26(34)31-17-20-9-14-30-15-10-20/h9-10,14-16,23-25,35H,4-8,11-13,17-18H2,1-3H3,(H,31,34)/b32-22+/t23-,24+,25+,27+,28+,29+/m1/s1. The van der Waals surface area contributed by atoms with Crippen LogP contribution in [0, 0.1) is 28.6 Å². The molecule has 1 amide bonds. The third-order valence-corrected chi connectivity index (χ3v) is 10.3. The Morgan fingerprint density at radius 1 is 1.11 bits per heavy atom. The van der Waals surface area contributed by atoms with Crippen molar-refractivity contribution in [2.75, 3.05) is 6.61 Å². The van der Waals surface area contributed by atoms with Crippen LogP contribution in [-0.2, 0) is 21.0 Å². The number of nitrogens with zero attached hydrogens (tertiary/aromatic N) is 2. The van der Waals surface area contributed by atoms with Crippen LogP contribution < -0.4 is 5.32 Å². The van der Waals surface area contributed by atoms with E-state index in [0.717, 1.165) is 56.2 Å². The van der Waals surface area contributed by atoms with Crippen LogP contribution in [-0.4, -0.2) is 39.7 Å². The average molecular weight is 494 g/mol. The van der Waals surface area contributed by atoms with E-state index in [9.17, 15) is 14.7 Å². The molecule has 4 aliphatic rings. The molecule has 0 aliphatic heterocycles. The third kappa shape index (κ3) is 4.09. The number of rotatable bonds is 6. The number of ketones is 1. The van der Waals surface area contributed by atoms with Crippen molar-refractivity contribution in [2.24, 2.45) is 33.7 Å². The summed E-state index contributed by atoms with van der Waals surface area (Å²) in [7, 11) is 0. The summed E-state index contributed by atoms with van der Waals surface area (Å²) >= 11 is 0. The SMILES string of the molecule is CC(=O)[C@@]1(O)CC[C@H]2[C@@H]3CCC4=C/C(=N/OCC(=O)NCc5ccncc5)CC[C@]4(C)[C@H]3CC[C@@]21C. The molecule has 3 saturated carbocycles. The van der Waals surface area contributed by atoms with Gasteiger partial charge in [-0.25, -0.2) is 0 Å². The Morgan fingerprint density at radius 2 is 1.86 bits per heavy atom. The van der Waals surface area contributed by atoms with Crippen molar-refractivity contribution in [3.63, 3.8) is 0 Å². The number of carbonyl (C=O) groups is 2. The minimum atomic E-state index is -1.16. The highest BCUT2D eigenvalue weighted by Gasteiger charge is 2.65. The van der Waals surface area contributed by atoms with E-state index in [4.69, 9.17) is 4.84 Å². The number of pyridine rings is 1.